The molecule has 1 aromatic rings. The van der Waals surface area contributed by atoms with Gasteiger partial charge < -0.3 is 15.5 Å². The molecule has 1 aromatic carbocycles. The van der Waals surface area contributed by atoms with Crippen molar-refractivity contribution in [2.24, 2.45) is 5.92 Å². The van der Waals surface area contributed by atoms with Gasteiger partial charge in [0.05, 0.1) is 5.56 Å². The Morgan fingerprint density at radius 1 is 1.17 bits per heavy atom. The molecule has 1 rings (SSSR count). The minimum absolute atomic E-state index is 0.0453. The fraction of sp³-hybridized carbons (Fsp3) is 0.500. The van der Waals surface area contributed by atoms with E-state index in [1.807, 2.05) is 0 Å². The maximum absolute atomic E-state index is 12.5. The molecule has 0 bridgehead atoms. The van der Waals surface area contributed by atoms with Gasteiger partial charge in [-0.3, -0.25) is 4.79 Å². The molecule has 0 aliphatic heterocycles. The summed E-state index contributed by atoms with van der Waals surface area (Å²) in [6.07, 6.45) is -5.81. The predicted octanol–water partition coefficient (Wildman–Crippen LogP) is 2.22. The largest absolute Gasteiger partial charge is 0.480 e. The van der Waals surface area contributed by atoms with Gasteiger partial charge in [-0.2, -0.15) is 13.2 Å². The smallest absolute Gasteiger partial charge is 0.416 e. The Morgan fingerprint density at radius 3 is 2.12 bits per heavy atom. The number of carboxylic acids is 1. The van der Waals surface area contributed by atoms with Gasteiger partial charge in [-0.25, -0.2) is 4.79 Å². The van der Waals surface area contributed by atoms with Gasteiger partial charge >= 0.3 is 12.1 Å². The second-order valence-corrected chi connectivity index (χ2v) is 5.94. The Kier molecular flexibility index (Phi) is 6.77. The molecule has 0 saturated heterocycles. The van der Waals surface area contributed by atoms with Gasteiger partial charge in [0.1, 0.15) is 12.1 Å². The van der Waals surface area contributed by atoms with E-state index in [9.17, 15) is 27.9 Å². The first-order valence-electron chi connectivity index (χ1n) is 7.38. The SMILES string of the molecule is CC(C)C[C@H](O)C(=O)N[C@H](Cc1ccc(C(F)(F)F)cc1)C(=O)O. The van der Waals surface area contributed by atoms with Crippen LogP contribution < -0.4 is 5.32 Å². The Bertz CT molecular complexity index is 570. The summed E-state index contributed by atoms with van der Waals surface area (Å²) in [7, 11) is 0. The van der Waals surface area contributed by atoms with Crippen LogP contribution in [0.5, 0.6) is 0 Å². The summed E-state index contributed by atoms with van der Waals surface area (Å²) >= 11 is 0. The number of carboxylic acid groups (broad SMARTS) is 1. The molecule has 0 unspecified atom stereocenters. The van der Waals surface area contributed by atoms with Crippen molar-refractivity contribution < 1.29 is 33.0 Å². The number of aliphatic carboxylic acids is 1. The highest BCUT2D eigenvalue weighted by molar-refractivity contribution is 5.86. The molecule has 5 nitrogen and oxygen atoms in total. The van der Waals surface area contributed by atoms with Crippen molar-refractivity contribution in [3.05, 3.63) is 35.4 Å². The zero-order valence-electron chi connectivity index (χ0n) is 13.3. The third-order valence-corrected chi connectivity index (χ3v) is 3.33. The van der Waals surface area contributed by atoms with Crippen molar-refractivity contribution in [2.45, 2.75) is 45.0 Å². The van der Waals surface area contributed by atoms with Gasteiger partial charge in [0, 0.05) is 6.42 Å². The molecule has 0 radical (unpaired) electrons. The Hall–Kier alpha value is -2.09. The van der Waals surface area contributed by atoms with Crippen LogP contribution in [-0.2, 0) is 22.2 Å². The maximum atomic E-state index is 12.5. The van der Waals surface area contributed by atoms with Crippen molar-refractivity contribution in [1.29, 1.82) is 0 Å². The second kappa shape index (κ2) is 8.14. The molecule has 0 aliphatic carbocycles. The summed E-state index contributed by atoms with van der Waals surface area (Å²) in [5, 5.41) is 21.0. The van der Waals surface area contributed by atoms with Crippen molar-refractivity contribution in [3.8, 4) is 0 Å². The van der Waals surface area contributed by atoms with E-state index in [1.54, 1.807) is 13.8 Å². The zero-order valence-corrected chi connectivity index (χ0v) is 13.3. The summed E-state index contributed by atoms with van der Waals surface area (Å²) < 4.78 is 37.5. The minimum atomic E-state index is -4.47. The number of halogens is 3. The van der Waals surface area contributed by atoms with E-state index in [0.717, 1.165) is 24.3 Å². The molecule has 0 spiro atoms. The number of benzene rings is 1. The van der Waals surface area contributed by atoms with Crippen LogP contribution in [0.2, 0.25) is 0 Å². The lowest BCUT2D eigenvalue weighted by Crippen LogP contribution is -2.46. The monoisotopic (exact) mass is 347 g/mol. The van der Waals surface area contributed by atoms with Gasteiger partial charge in [-0.1, -0.05) is 26.0 Å². The summed E-state index contributed by atoms with van der Waals surface area (Å²) in [6, 6.07) is 2.69. The molecular formula is C16H20F3NO4. The molecule has 0 aromatic heterocycles. The zero-order chi connectivity index (χ0) is 18.5. The standard InChI is InChI=1S/C16H20F3NO4/c1-9(2)7-13(21)14(22)20-12(15(23)24)8-10-3-5-11(6-4-10)16(17,18)19/h3-6,9,12-13,21H,7-8H2,1-2H3,(H,20,22)(H,23,24)/t12-,13+/m1/s1. The fourth-order valence-corrected chi connectivity index (χ4v) is 2.09. The summed E-state index contributed by atoms with van der Waals surface area (Å²) in [6.45, 7) is 3.60. The van der Waals surface area contributed by atoms with E-state index in [4.69, 9.17) is 5.11 Å². The first kappa shape index (κ1) is 20.0. The summed E-state index contributed by atoms with van der Waals surface area (Å²) in [5.74, 6) is -2.10. The van der Waals surface area contributed by atoms with Crippen molar-refractivity contribution >= 4 is 11.9 Å². The highest BCUT2D eigenvalue weighted by atomic mass is 19.4. The Labute approximate surface area is 137 Å². The lowest BCUT2D eigenvalue weighted by atomic mass is 10.0. The number of nitrogens with one attached hydrogen (secondary N) is 1. The van der Waals surface area contributed by atoms with E-state index in [2.05, 4.69) is 5.32 Å². The first-order chi connectivity index (χ1) is 11.0. The number of hydrogen-bond donors (Lipinski definition) is 3. The highest BCUT2D eigenvalue weighted by Gasteiger charge is 2.30. The third kappa shape index (κ3) is 6.19. The number of amides is 1. The molecule has 0 fully saturated rings. The molecule has 24 heavy (non-hydrogen) atoms. The summed E-state index contributed by atoms with van der Waals surface area (Å²) in [4.78, 5) is 23.0. The normalized spacial score (nSPS) is 14.3. The highest BCUT2D eigenvalue weighted by Crippen LogP contribution is 2.29. The third-order valence-electron chi connectivity index (χ3n) is 3.33. The lowest BCUT2D eigenvalue weighted by molar-refractivity contribution is -0.143. The van der Waals surface area contributed by atoms with Gasteiger partial charge in [-0.05, 0) is 30.0 Å². The predicted molar refractivity (Wildman–Crippen MR) is 80.2 cm³/mol. The number of carbonyl (C=O) groups is 2. The van der Waals surface area contributed by atoms with E-state index >= 15 is 0 Å². The molecule has 3 N–H and O–H groups in total. The molecule has 0 saturated carbocycles. The van der Waals surface area contributed by atoms with Crippen LogP contribution in [0.4, 0.5) is 13.2 Å². The summed E-state index contributed by atoms with van der Waals surface area (Å²) in [5.41, 5.74) is -0.511. The molecule has 1 amide bonds. The molecule has 2 atom stereocenters. The first-order valence-corrected chi connectivity index (χ1v) is 7.38. The van der Waals surface area contributed by atoms with E-state index in [-0.39, 0.29) is 18.8 Å². The Balaban J connectivity index is 2.76. The molecule has 134 valence electrons. The van der Waals surface area contributed by atoms with Crippen LogP contribution in [0.1, 0.15) is 31.4 Å². The van der Waals surface area contributed by atoms with Crippen molar-refractivity contribution in [2.75, 3.05) is 0 Å². The van der Waals surface area contributed by atoms with Gasteiger partial charge in [-0.15, -0.1) is 0 Å². The van der Waals surface area contributed by atoms with Gasteiger partial charge in [0.2, 0.25) is 5.91 Å². The van der Waals surface area contributed by atoms with Crippen LogP contribution in [0.3, 0.4) is 0 Å². The number of carbonyl (C=O) groups excluding carboxylic acids is 1. The van der Waals surface area contributed by atoms with Crippen LogP contribution >= 0.6 is 0 Å². The van der Waals surface area contributed by atoms with Crippen molar-refractivity contribution in [3.63, 3.8) is 0 Å². The topological polar surface area (TPSA) is 86.6 Å². The Morgan fingerprint density at radius 2 is 1.71 bits per heavy atom. The minimum Gasteiger partial charge on any atom is -0.480 e. The molecule has 0 aliphatic rings. The van der Waals surface area contributed by atoms with Gasteiger partial charge in [0.15, 0.2) is 0 Å². The molecular weight excluding hydrogens is 327 g/mol. The number of aliphatic hydroxyl groups is 1. The van der Waals surface area contributed by atoms with Gasteiger partial charge in [0.25, 0.3) is 0 Å². The van der Waals surface area contributed by atoms with Crippen LogP contribution in [0.15, 0.2) is 24.3 Å². The fourth-order valence-electron chi connectivity index (χ4n) is 2.09. The average molecular weight is 347 g/mol. The maximum Gasteiger partial charge on any atom is 0.416 e. The van der Waals surface area contributed by atoms with E-state index in [0.29, 0.717) is 5.56 Å². The van der Waals surface area contributed by atoms with E-state index in [1.165, 1.54) is 0 Å². The molecule has 0 heterocycles. The number of rotatable bonds is 7. The quantitative estimate of drug-likeness (QED) is 0.706. The van der Waals surface area contributed by atoms with Crippen LogP contribution in [-0.4, -0.2) is 34.2 Å². The van der Waals surface area contributed by atoms with E-state index < -0.39 is 35.8 Å². The molecule has 8 heteroatoms. The van der Waals surface area contributed by atoms with Crippen LogP contribution in [0.25, 0.3) is 0 Å². The number of alkyl halides is 3. The average Bonchev–Trinajstić information content (AvgIpc) is 2.45. The second-order valence-electron chi connectivity index (χ2n) is 5.94. The van der Waals surface area contributed by atoms with Crippen LogP contribution in [0, 0.1) is 5.92 Å². The van der Waals surface area contributed by atoms with Crippen molar-refractivity contribution in [1.82, 2.24) is 5.32 Å². The lowest BCUT2D eigenvalue weighted by Gasteiger charge is -2.18. The number of aliphatic hydroxyl groups excluding tert-OH is 1. The number of hydrogen-bond acceptors (Lipinski definition) is 3.